The lowest BCUT2D eigenvalue weighted by Gasteiger charge is -2.23. The lowest BCUT2D eigenvalue weighted by molar-refractivity contribution is -0.142. The van der Waals surface area contributed by atoms with E-state index >= 15 is 0 Å². The summed E-state index contributed by atoms with van der Waals surface area (Å²) in [6.07, 6.45) is -0.513. The fourth-order valence-electron chi connectivity index (χ4n) is 1.38. The minimum atomic E-state index is -0.529. The number of benzene rings is 1. The summed E-state index contributed by atoms with van der Waals surface area (Å²) in [4.78, 5) is 16.8. The Labute approximate surface area is 120 Å². The Hall–Kier alpha value is -1.59. The van der Waals surface area contributed by atoms with Crippen LogP contribution in [0.1, 0.15) is 26.3 Å². The molecule has 0 aliphatic carbocycles. The zero-order chi connectivity index (χ0) is 15.0. The summed E-state index contributed by atoms with van der Waals surface area (Å²) in [6, 6.07) is 9.88. The molecular weight excluding hydrogens is 258 g/mol. The monoisotopic (exact) mass is 281 g/mol. The normalized spacial score (nSPS) is 11.2. The minimum Gasteiger partial charge on any atom is -0.442 e. The van der Waals surface area contributed by atoms with Crippen LogP contribution in [0.2, 0.25) is 0 Å². The average molecular weight is 281 g/mol. The van der Waals surface area contributed by atoms with Crippen molar-refractivity contribution in [1.29, 1.82) is 0 Å². The van der Waals surface area contributed by atoms with E-state index in [1.807, 2.05) is 51.1 Å². The average Bonchev–Trinajstić information content (AvgIpc) is 2.37. The van der Waals surface area contributed by atoms with Gasteiger partial charge >= 0.3 is 6.09 Å². The third-order valence-corrected chi connectivity index (χ3v) is 2.27. The molecule has 0 heterocycles. The van der Waals surface area contributed by atoms with Gasteiger partial charge in [-0.05, 0) is 26.3 Å². The molecule has 0 aromatic heterocycles. The van der Waals surface area contributed by atoms with Crippen molar-refractivity contribution in [3.05, 3.63) is 35.9 Å². The summed E-state index contributed by atoms with van der Waals surface area (Å²) in [7, 11) is 1.52. The zero-order valence-corrected chi connectivity index (χ0v) is 12.6. The van der Waals surface area contributed by atoms with E-state index in [9.17, 15) is 4.79 Å². The van der Waals surface area contributed by atoms with Crippen LogP contribution in [0.5, 0.6) is 0 Å². The van der Waals surface area contributed by atoms with Crippen molar-refractivity contribution in [2.45, 2.75) is 33.0 Å². The van der Waals surface area contributed by atoms with Gasteiger partial charge in [0, 0.05) is 7.05 Å². The van der Waals surface area contributed by atoms with Crippen molar-refractivity contribution in [2.75, 3.05) is 20.3 Å². The maximum absolute atomic E-state index is 11.6. The molecule has 5 heteroatoms. The first-order chi connectivity index (χ1) is 9.38. The van der Waals surface area contributed by atoms with Crippen molar-refractivity contribution in [3.8, 4) is 0 Å². The lowest BCUT2D eigenvalue weighted by atomic mass is 10.2. The molecule has 1 rings (SSSR count). The van der Waals surface area contributed by atoms with Gasteiger partial charge in [-0.2, -0.15) is 5.06 Å². The number of hydrogen-bond acceptors (Lipinski definition) is 4. The highest BCUT2D eigenvalue weighted by Gasteiger charge is 2.19. The van der Waals surface area contributed by atoms with Gasteiger partial charge in [-0.1, -0.05) is 30.3 Å². The second-order valence-corrected chi connectivity index (χ2v) is 5.35. The molecule has 0 unspecified atom stereocenters. The smallest absolute Gasteiger partial charge is 0.434 e. The second kappa shape index (κ2) is 7.87. The molecule has 1 aromatic rings. The molecule has 0 aliphatic rings. The van der Waals surface area contributed by atoms with Crippen LogP contribution >= 0.6 is 0 Å². The van der Waals surface area contributed by atoms with Gasteiger partial charge < -0.3 is 9.47 Å². The van der Waals surface area contributed by atoms with E-state index < -0.39 is 11.7 Å². The van der Waals surface area contributed by atoms with Crippen LogP contribution in [0, 0.1) is 0 Å². The molecule has 5 nitrogen and oxygen atoms in total. The minimum absolute atomic E-state index is 0.294. The molecule has 0 atom stereocenters. The van der Waals surface area contributed by atoms with Gasteiger partial charge in [0.2, 0.25) is 0 Å². The zero-order valence-electron chi connectivity index (χ0n) is 12.6. The summed E-state index contributed by atoms with van der Waals surface area (Å²) in [5, 5.41) is 1.08. The van der Waals surface area contributed by atoms with Crippen LogP contribution in [0.15, 0.2) is 30.3 Å². The SMILES string of the molecule is CN(OCCOCc1ccccc1)C(=O)OC(C)(C)C. The molecule has 0 fully saturated rings. The second-order valence-electron chi connectivity index (χ2n) is 5.35. The van der Waals surface area contributed by atoms with E-state index in [0.29, 0.717) is 19.8 Å². The van der Waals surface area contributed by atoms with Crippen molar-refractivity contribution in [1.82, 2.24) is 5.06 Å². The molecule has 0 aliphatic heterocycles. The third-order valence-electron chi connectivity index (χ3n) is 2.27. The largest absolute Gasteiger partial charge is 0.442 e. The van der Waals surface area contributed by atoms with Crippen LogP contribution in [0.25, 0.3) is 0 Å². The summed E-state index contributed by atoms with van der Waals surface area (Å²) in [5.41, 5.74) is 0.575. The standard InChI is InChI=1S/C15H23NO4/c1-15(2,3)20-14(17)16(4)19-11-10-18-12-13-8-6-5-7-9-13/h5-9H,10-12H2,1-4H3. The summed E-state index contributed by atoms with van der Waals surface area (Å²) < 4.78 is 10.6. The Bertz CT molecular complexity index is 400. The fraction of sp³-hybridized carbons (Fsp3) is 0.533. The molecule has 0 bridgehead atoms. The van der Waals surface area contributed by atoms with Crippen molar-refractivity contribution >= 4 is 6.09 Å². The third kappa shape index (κ3) is 7.11. The maximum Gasteiger partial charge on any atom is 0.434 e. The first-order valence-electron chi connectivity index (χ1n) is 6.60. The molecule has 1 amide bonds. The summed E-state index contributed by atoms with van der Waals surface area (Å²) in [6.45, 7) is 6.65. The topological polar surface area (TPSA) is 48.0 Å². The number of carbonyl (C=O) groups excluding carboxylic acids is 1. The number of hydroxylamine groups is 2. The van der Waals surface area contributed by atoms with Gasteiger partial charge in [0.15, 0.2) is 0 Å². The fourth-order valence-corrected chi connectivity index (χ4v) is 1.38. The van der Waals surface area contributed by atoms with Gasteiger partial charge in [0.1, 0.15) is 5.60 Å². The van der Waals surface area contributed by atoms with E-state index in [2.05, 4.69) is 0 Å². The number of hydrogen-bond donors (Lipinski definition) is 0. The van der Waals surface area contributed by atoms with E-state index in [4.69, 9.17) is 14.3 Å². The van der Waals surface area contributed by atoms with E-state index in [-0.39, 0.29) is 0 Å². The van der Waals surface area contributed by atoms with Gasteiger partial charge in [-0.25, -0.2) is 4.79 Å². The van der Waals surface area contributed by atoms with Gasteiger partial charge in [-0.3, -0.25) is 4.84 Å². The predicted molar refractivity (Wildman–Crippen MR) is 76.0 cm³/mol. The Kier molecular flexibility index (Phi) is 6.48. The number of carbonyl (C=O) groups is 1. The highest BCUT2D eigenvalue weighted by Crippen LogP contribution is 2.09. The molecule has 0 N–H and O–H groups in total. The molecular formula is C15H23NO4. The Morgan fingerprint density at radius 1 is 1.15 bits per heavy atom. The van der Waals surface area contributed by atoms with Crippen molar-refractivity contribution in [3.63, 3.8) is 0 Å². The van der Waals surface area contributed by atoms with Crippen LogP contribution in [0.4, 0.5) is 4.79 Å². The molecule has 0 spiro atoms. The Morgan fingerprint density at radius 2 is 1.80 bits per heavy atom. The van der Waals surface area contributed by atoms with Crippen LogP contribution < -0.4 is 0 Å². The summed E-state index contributed by atoms with van der Waals surface area (Å²) in [5.74, 6) is 0. The van der Waals surface area contributed by atoms with Crippen LogP contribution in [0.3, 0.4) is 0 Å². The molecule has 0 saturated heterocycles. The van der Waals surface area contributed by atoms with Crippen LogP contribution in [-0.2, 0) is 20.9 Å². The highest BCUT2D eigenvalue weighted by molar-refractivity contribution is 5.66. The van der Waals surface area contributed by atoms with Gasteiger partial charge in [-0.15, -0.1) is 0 Å². The Morgan fingerprint density at radius 3 is 2.40 bits per heavy atom. The number of amides is 1. The number of nitrogens with zero attached hydrogens (tertiary/aromatic N) is 1. The van der Waals surface area contributed by atoms with Gasteiger partial charge in [0.25, 0.3) is 0 Å². The maximum atomic E-state index is 11.6. The quantitative estimate of drug-likeness (QED) is 0.594. The lowest BCUT2D eigenvalue weighted by Crippen LogP contribution is -2.34. The first kappa shape index (κ1) is 16.5. The first-order valence-corrected chi connectivity index (χ1v) is 6.60. The highest BCUT2D eigenvalue weighted by atomic mass is 16.7. The summed E-state index contributed by atoms with van der Waals surface area (Å²) >= 11 is 0. The van der Waals surface area contributed by atoms with Gasteiger partial charge in [0.05, 0.1) is 19.8 Å². The van der Waals surface area contributed by atoms with Crippen LogP contribution in [-0.4, -0.2) is 37.0 Å². The number of ether oxygens (including phenoxy) is 2. The molecule has 20 heavy (non-hydrogen) atoms. The van der Waals surface area contributed by atoms with Crippen molar-refractivity contribution < 1.29 is 19.1 Å². The molecule has 112 valence electrons. The van der Waals surface area contributed by atoms with Crippen molar-refractivity contribution in [2.24, 2.45) is 0 Å². The Balaban J connectivity index is 2.13. The number of rotatable bonds is 6. The molecule has 0 radical (unpaired) electrons. The predicted octanol–water partition coefficient (Wildman–Crippen LogP) is 3.00. The van der Waals surface area contributed by atoms with E-state index in [1.54, 1.807) is 0 Å². The van der Waals surface area contributed by atoms with E-state index in [1.165, 1.54) is 7.05 Å². The molecule has 0 saturated carbocycles. The van der Waals surface area contributed by atoms with E-state index in [0.717, 1.165) is 10.6 Å². The molecule has 1 aromatic carbocycles.